The van der Waals surface area contributed by atoms with Gasteiger partial charge in [-0.15, -0.1) is 0 Å². The van der Waals surface area contributed by atoms with Gasteiger partial charge in [0.2, 0.25) is 0 Å². The Morgan fingerprint density at radius 2 is 2.00 bits per heavy atom. The summed E-state index contributed by atoms with van der Waals surface area (Å²) in [5.74, 6) is -1.16. The SMILES string of the molecule is CCC[C@H](NC(=O)NCCOCC(F)(F)F)C(=O)O. The molecule has 0 radical (unpaired) electrons. The lowest BCUT2D eigenvalue weighted by Gasteiger charge is -2.14. The summed E-state index contributed by atoms with van der Waals surface area (Å²) in [5.41, 5.74) is 0. The number of amides is 2. The molecular weight excluding hydrogens is 269 g/mol. The zero-order valence-corrected chi connectivity index (χ0v) is 10.4. The third-order valence-corrected chi connectivity index (χ3v) is 1.98. The summed E-state index contributed by atoms with van der Waals surface area (Å²) in [6, 6.07) is -1.77. The predicted octanol–water partition coefficient (Wildman–Crippen LogP) is 1.12. The van der Waals surface area contributed by atoms with Crippen molar-refractivity contribution in [3.05, 3.63) is 0 Å². The molecule has 0 fully saturated rings. The third kappa shape index (κ3) is 10.1. The largest absolute Gasteiger partial charge is 0.480 e. The summed E-state index contributed by atoms with van der Waals surface area (Å²) in [6.45, 7) is -0.0663. The van der Waals surface area contributed by atoms with Crippen LogP contribution in [-0.4, -0.2) is 49.1 Å². The number of rotatable bonds is 8. The number of halogens is 3. The van der Waals surface area contributed by atoms with Gasteiger partial charge in [-0.2, -0.15) is 13.2 Å². The highest BCUT2D eigenvalue weighted by atomic mass is 19.4. The Labute approximate surface area is 108 Å². The number of nitrogens with one attached hydrogen (secondary N) is 2. The lowest BCUT2D eigenvalue weighted by Crippen LogP contribution is -2.46. The Hall–Kier alpha value is -1.51. The van der Waals surface area contributed by atoms with E-state index in [1.165, 1.54) is 0 Å². The van der Waals surface area contributed by atoms with Crippen LogP contribution in [-0.2, 0) is 9.53 Å². The van der Waals surface area contributed by atoms with Crippen LogP contribution in [0.15, 0.2) is 0 Å². The zero-order chi connectivity index (χ0) is 14.9. The lowest BCUT2D eigenvalue weighted by atomic mass is 10.2. The van der Waals surface area contributed by atoms with Gasteiger partial charge in [0.15, 0.2) is 0 Å². The standard InChI is InChI=1S/C10H17F3N2O4/c1-2-3-7(8(16)17)15-9(18)14-4-5-19-6-10(11,12)13/h7H,2-6H2,1H3,(H,16,17)(H2,14,15,18)/t7-/m0/s1. The van der Waals surface area contributed by atoms with Gasteiger partial charge in [-0.25, -0.2) is 9.59 Å². The Kier molecular flexibility index (Phi) is 7.89. The number of carbonyl (C=O) groups excluding carboxylic acids is 1. The van der Waals surface area contributed by atoms with Crippen molar-refractivity contribution >= 4 is 12.0 Å². The summed E-state index contributed by atoms with van der Waals surface area (Å²) in [5, 5.41) is 13.2. The van der Waals surface area contributed by atoms with Crippen molar-refractivity contribution in [3.8, 4) is 0 Å². The Morgan fingerprint density at radius 1 is 1.37 bits per heavy atom. The quantitative estimate of drug-likeness (QED) is 0.583. The van der Waals surface area contributed by atoms with Crippen molar-refractivity contribution in [2.75, 3.05) is 19.8 Å². The van der Waals surface area contributed by atoms with Gasteiger partial charge in [0.1, 0.15) is 12.6 Å². The second-order valence-corrected chi connectivity index (χ2v) is 3.75. The molecule has 0 rings (SSSR count). The third-order valence-electron chi connectivity index (χ3n) is 1.98. The molecule has 3 N–H and O–H groups in total. The normalized spacial score (nSPS) is 12.8. The average molecular weight is 286 g/mol. The Bertz CT molecular complexity index is 297. The van der Waals surface area contributed by atoms with Gasteiger partial charge in [0.05, 0.1) is 6.61 Å². The number of alkyl halides is 3. The van der Waals surface area contributed by atoms with E-state index in [0.717, 1.165) is 0 Å². The van der Waals surface area contributed by atoms with Gasteiger partial charge in [-0.05, 0) is 6.42 Å². The van der Waals surface area contributed by atoms with Crippen LogP contribution in [0.1, 0.15) is 19.8 Å². The molecule has 0 aliphatic carbocycles. The monoisotopic (exact) mass is 286 g/mol. The fourth-order valence-corrected chi connectivity index (χ4v) is 1.18. The first-order valence-electron chi connectivity index (χ1n) is 5.68. The zero-order valence-electron chi connectivity index (χ0n) is 10.4. The van der Waals surface area contributed by atoms with E-state index in [1.54, 1.807) is 6.92 Å². The number of aliphatic carboxylic acids is 1. The van der Waals surface area contributed by atoms with Crippen LogP contribution in [0, 0.1) is 0 Å². The van der Waals surface area contributed by atoms with Crippen molar-refractivity contribution in [3.63, 3.8) is 0 Å². The second kappa shape index (κ2) is 8.57. The smallest absolute Gasteiger partial charge is 0.411 e. The molecule has 0 aromatic heterocycles. The number of carboxylic acid groups (broad SMARTS) is 1. The molecule has 9 heteroatoms. The van der Waals surface area contributed by atoms with Crippen LogP contribution in [0.4, 0.5) is 18.0 Å². The number of hydrogen-bond donors (Lipinski definition) is 3. The molecule has 6 nitrogen and oxygen atoms in total. The number of carboxylic acids is 1. The van der Waals surface area contributed by atoms with Crippen molar-refractivity contribution in [2.24, 2.45) is 0 Å². The van der Waals surface area contributed by atoms with Gasteiger partial charge in [0, 0.05) is 6.54 Å². The van der Waals surface area contributed by atoms with Gasteiger partial charge >= 0.3 is 18.2 Å². The number of carbonyl (C=O) groups is 2. The fourth-order valence-electron chi connectivity index (χ4n) is 1.18. The topological polar surface area (TPSA) is 87.7 Å². The number of urea groups is 1. The highest BCUT2D eigenvalue weighted by Gasteiger charge is 2.27. The summed E-state index contributed by atoms with van der Waals surface area (Å²) in [6.07, 6.45) is -3.56. The molecule has 1 atom stereocenters. The first-order valence-corrected chi connectivity index (χ1v) is 5.68. The molecule has 2 amide bonds. The molecule has 0 heterocycles. The van der Waals surface area contributed by atoms with Crippen LogP contribution in [0.25, 0.3) is 0 Å². The Balaban J connectivity index is 3.77. The van der Waals surface area contributed by atoms with Gasteiger partial charge < -0.3 is 20.5 Å². The molecule has 0 unspecified atom stereocenters. The minimum Gasteiger partial charge on any atom is -0.480 e. The van der Waals surface area contributed by atoms with E-state index in [1.807, 2.05) is 0 Å². The second-order valence-electron chi connectivity index (χ2n) is 3.75. The molecule has 112 valence electrons. The summed E-state index contributed by atoms with van der Waals surface area (Å²) < 4.78 is 39.4. The Morgan fingerprint density at radius 3 is 2.47 bits per heavy atom. The van der Waals surface area contributed by atoms with Crippen LogP contribution >= 0.6 is 0 Å². The first-order chi connectivity index (χ1) is 8.76. The molecule has 19 heavy (non-hydrogen) atoms. The lowest BCUT2D eigenvalue weighted by molar-refractivity contribution is -0.173. The maximum absolute atomic E-state index is 11.7. The van der Waals surface area contributed by atoms with E-state index >= 15 is 0 Å². The summed E-state index contributed by atoms with van der Waals surface area (Å²) >= 11 is 0. The minimum absolute atomic E-state index is 0.139. The van der Waals surface area contributed by atoms with Gasteiger partial charge in [0.25, 0.3) is 0 Å². The van der Waals surface area contributed by atoms with E-state index in [2.05, 4.69) is 15.4 Å². The van der Waals surface area contributed by atoms with Gasteiger partial charge in [-0.3, -0.25) is 0 Å². The summed E-state index contributed by atoms with van der Waals surface area (Å²) in [7, 11) is 0. The number of hydrogen-bond acceptors (Lipinski definition) is 3. The fraction of sp³-hybridized carbons (Fsp3) is 0.800. The van der Waals surface area contributed by atoms with E-state index in [0.29, 0.717) is 6.42 Å². The molecule has 0 spiro atoms. The molecule has 0 aliphatic rings. The average Bonchev–Trinajstić information content (AvgIpc) is 2.26. The number of ether oxygens (including phenoxy) is 1. The van der Waals surface area contributed by atoms with Crippen molar-refractivity contribution < 1.29 is 32.6 Å². The van der Waals surface area contributed by atoms with Crippen LogP contribution in [0.3, 0.4) is 0 Å². The molecule has 0 aliphatic heterocycles. The first kappa shape index (κ1) is 17.5. The van der Waals surface area contributed by atoms with Crippen LogP contribution in [0.5, 0.6) is 0 Å². The van der Waals surface area contributed by atoms with E-state index in [4.69, 9.17) is 5.11 Å². The van der Waals surface area contributed by atoms with Crippen LogP contribution in [0.2, 0.25) is 0 Å². The highest BCUT2D eigenvalue weighted by molar-refractivity contribution is 5.82. The molecule has 0 saturated heterocycles. The molecular formula is C10H17F3N2O4. The van der Waals surface area contributed by atoms with E-state index in [-0.39, 0.29) is 19.6 Å². The maximum Gasteiger partial charge on any atom is 0.411 e. The highest BCUT2D eigenvalue weighted by Crippen LogP contribution is 2.13. The van der Waals surface area contributed by atoms with Gasteiger partial charge in [-0.1, -0.05) is 13.3 Å². The van der Waals surface area contributed by atoms with Crippen LogP contribution < -0.4 is 10.6 Å². The van der Waals surface area contributed by atoms with Crippen molar-refractivity contribution in [1.29, 1.82) is 0 Å². The van der Waals surface area contributed by atoms with E-state index < -0.39 is 30.8 Å². The van der Waals surface area contributed by atoms with E-state index in [9.17, 15) is 22.8 Å². The molecule has 0 aromatic rings. The maximum atomic E-state index is 11.7. The minimum atomic E-state index is -4.40. The predicted molar refractivity (Wildman–Crippen MR) is 59.7 cm³/mol. The summed E-state index contributed by atoms with van der Waals surface area (Å²) in [4.78, 5) is 21.9. The molecule has 0 bridgehead atoms. The van der Waals surface area contributed by atoms with Crippen molar-refractivity contribution in [2.45, 2.75) is 32.0 Å². The molecule has 0 aromatic carbocycles. The van der Waals surface area contributed by atoms with Crippen molar-refractivity contribution in [1.82, 2.24) is 10.6 Å². The molecule has 0 saturated carbocycles.